The van der Waals surface area contributed by atoms with E-state index in [1.54, 1.807) is 0 Å². The minimum Gasteiger partial charge on any atom is -0.478 e. The van der Waals surface area contributed by atoms with E-state index in [2.05, 4.69) is 0 Å². The van der Waals surface area contributed by atoms with Crippen LogP contribution in [0.25, 0.3) is 0 Å². The largest absolute Gasteiger partial charge is 0.478 e. The number of nitrogens with zero attached hydrogens (tertiary/aromatic N) is 1. The zero-order valence-electron chi connectivity index (χ0n) is 13.0. The maximum Gasteiger partial charge on any atom is 0.335 e. The monoisotopic (exact) mass is 305 g/mol. The molecule has 1 aliphatic rings. The molecule has 1 fully saturated rings. The summed E-state index contributed by atoms with van der Waals surface area (Å²) in [4.78, 5) is 28.4. The van der Waals surface area contributed by atoms with Gasteiger partial charge in [-0.3, -0.25) is 9.63 Å². The lowest BCUT2D eigenvalue weighted by Gasteiger charge is -2.25. The zero-order chi connectivity index (χ0) is 15.9. The fourth-order valence-corrected chi connectivity index (χ4v) is 2.95. The van der Waals surface area contributed by atoms with Gasteiger partial charge in [-0.25, -0.2) is 9.86 Å². The first kappa shape index (κ1) is 16.5. The Hall–Kier alpha value is -1.88. The molecule has 1 saturated carbocycles. The summed E-state index contributed by atoms with van der Waals surface area (Å²) in [6, 6.07) is 5.92. The lowest BCUT2D eigenvalue weighted by Crippen LogP contribution is -2.32. The number of hydrogen-bond acceptors (Lipinski definition) is 3. The van der Waals surface area contributed by atoms with Crippen molar-refractivity contribution < 1.29 is 19.5 Å². The van der Waals surface area contributed by atoms with Crippen molar-refractivity contribution in [1.29, 1.82) is 0 Å². The number of benzene rings is 1. The van der Waals surface area contributed by atoms with Gasteiger partial charge in [0, 0.05) is 12.1 Å². The third-order valence-electron chi connectivity index (χ3n) is 4.29. The normalized spacial score (nSPS) is 15.5. The van der Waals surface area contributed by atoms with Gasteiger partial charge in [0.1, 0.15) is 0 Å². The highest BCUT2D eigenvalue weighted by Crippen LogP contribution is 2.26. The molecule has 5 nitrogen and oxygen atoms in total. The number of hydrogen-bond donors (Lipinski definition) is 1. The molecule has 0 spiro atoms. The number of hydroxylamine groups is 2. The fraction of sp³-hybridized carbons (Fsp3) is 0.529. The first-order valence-corrected chi connectivity index (χ1v) is 7.81. The Kier molecular flexibility index (Phi) is 5.95. The highest BCUT2D eigenvalue weighted by atomic mass is 16.7. The molecule has 1 aliphatic carbocycles. The molecule has 1 aromatic rings. The Morgan fingerprint density at radius 1 is 1.14 bits per heavy atom. The van der Waals surface area contributed by atoms with E-state index >= 15 is 0 Å². The van der Waals surface area contributed by atoms with Crippen molar-refractivity contribution in [2.75, 3.05) is 13.7 Å². The highest BCUT2D eigenvalue weighted by Gasteiger charge is 2.19. The van der Waals surface area contributed by atoms with Gasteiger partial charge in [0.15, 0.2) is 0 Å². The molecule has 120 valence electrons. The van der Waals surface area contributed by atoms with E-state index in [0.29, 0.717) is 18.0 Å². The Labute approximate surface area is 130 Å². The average molecular weight is 305 g/mol. The first-order chi connectivity index (χ1) is 10.6. The predicted molar refractivity (Wildman–Crippen MR) is 82.6 cm³/mol. The molecular formula is C17H23NO4. The molecule has 0 radical (unpaired) electrons. The summed E-state index contributed by atoms with van der Waals surface area (Å²) < 4.78 is 0. The molecule has 0 saturated heterocycles. The van der Waals surface area contributed by atoms with E-state index in [0.717, 1.165) is 6.42 Å². The van der Waals surface area contributed by atoms with Crippen LogP contribution in [0.3, 0.4) is 0 Å². The summed E-state index contributed by atoms with van der Waals surface area (Å²) in [5.41, 5.74) is 0.609. The maximum atomic E-state index is 12.4. The van der Waals surface area contributed by atoms with Crippen LogP contribution in [-0.4, -0.2) is 35.7 Å². The smallest absolute Gasteiger partial charge is 0.335 e. The van der Waals surface area contributed by atoms with Crippen LogP contribution in [-0.2, 0) is 4.84 Å². The van der Waals surface area contributed by atoms with Crippen molar-refractivity contribution in [3.8, 4) is 0 Å². The summed E-state index contributed by atoms with van der Waals surface area (Å²) in [6.07, 6.45) is 7.30. The standard InChI is InChI=1S/C17H23NO4/c1-22-18(12-11-13-5-3-2-4-6-13)16(19)14-7-9-15(10-8-14)17(20)21/h7-10,13H,2-6,11-12H2,1H3,(H,20,21). The maximum absolute atomic E-state index is 12.4. The van der Waals surface area contributed by atoms with Crippen molar-refractivity contribution >= 4 is 11.9 Å². The molecule has 0 atom stereocenters. The van der Waals surface area contributed by atoms with E-state index in [-0.39, 0.29) is 11.5 Å². The van der Waals surface area contributed by atoms with E-state index in [9.17, 15) is 9.59 Å². The Balaban J connectivity index is 1.93. The summed E-state index contributed by atoms with van der Waals surface area (Å²) in [5, 5.41) is 10.2. The van der Waals surface area contributed by atoms with Crippen molar-refractivity contribution in [3.63, 3.8) is 0 Å². The van der Waals surface area contributed by atoms with Crippen molar-refractivity contribution in [2.24, 2.45) is 5.92 Å². The summed E-state index contributed by atoms with van der Waals surface area (Å²) in [5.74, 6) is -0.552. The molecule has 1 N–H and O–H groups in total. The number of carboxylic acid groups (broad SMARTS) is 1. The molecule has 0 aliphatic heterocycles. The Bertz CT molecular complexity index is 506. The van der Waals surface area contributed by atoms with Crippen molar-refractivity contribution in [1.82, 2.24) is 5.06 Å². The molecule has 1 aromatic carbocycles. The summed E-state index contributed by atoms with van der Waals surface area (Å²) in [6.45, 7) is 0.570. The lowest BCUT2D eigenvalue weighted by molar-refractivity contribution is -0.0978. The molecule has 0 heterocycles. The van der Waals surface area contributed by atoms with Gasteiger partial charge in [-0.15, -0.1) is 0 Å². The molecule has 2 rings (SSSR count). The van der Waals surface area contributed by atoms with Crippen LogP contribution in [0, 0.1) is 5.92 Å². The Morgan fingerprint density at radius 3 is 2.27 bits per heavy atom. The third-order valence-corrected chi connectivity index (χ3v) is 4.29. The zero-order valence-corrected chi connectivity index (χ0v) is 13.0. The van der Waals surface area contributed by atoms with Crippen LogP contribution in [0.2, 0.25) is 0 Å². The molecule has 0 aromatic heterocycles. The average Bonchev–Trinajstić information content (AvgIpc) is 2.56. The highest BCUT2D eigenvalue weighted by molar-refractivity contribution is 5.95. The lowest BCUT2D eigenvalue weighted by atomic mass is 9.87. The minimum atomic E-state index is -1.00. The van der Waals surface area contributed by atoms with E-state index in [4.69, 9.17) is 9.94 Å². The van der Waals surface area contributed by atoms with E-state index in [1.165, 1.54) is 68.5 Å². The second-order valence-electron chi connectivity index (χ2n) is 5.77. The molecule has 1 amide bonds. The van der Waals surface area contributed by atoms with Gasteiger partial charge in [0.25, 0.3) is 5.91 Å². The van der Waals surface area contributed by atoms with Gasteiger partial charge in [-0.05, 0) is 36.6 Å². The molecule has 5 heteroatoms. The van der Waals surface area contributed by atoms with Crippen LogP contribution in [0.15, 0.2) is 24.3 Å². The summed E-state index contributed by atoms with van der Waals surface area (Å²) in [7, 11) is 1.49. The van der Waals surface area contributed by atoms with Crippen LogP contribution in [0.1, 0.15) is 59.2 Å². The molecule has 22 heavy (non-hydrogen) atoms. The second kappa shape index (κ2) is 7.94. The van der Waals surface area contributed by atoms with Crippen molar-refractivity contribution in [2.45, 2.75) is 38.5 Å². The van der Waals surface area contributed by atoms with Crippen LogP contribution < -0.4 is 0 Å². The quantitative estimate of drug-likeness (QED) is 0.818. The predicted octanol–water partition coefficient (Wildman–Crippen LogP) is 3.36. The molecule has 0 bridgehead atoms. The van der Waals surface area contributed by atoms with Gasteiger partial charge in [0.2, 0.25) is 0 Å². The number of carbonyl (C=O) groups is 2. The topological polar surface area (TPSA) is 66.8 Å². The molecular weight excluding hydrogens is 282 g/mol. The number of aromatic carboxylic acids is 1. The minimum absolute atomic E-state index is 0.169. The van der Waals surface area contributed by atoms with Crippen LogP contribution in [0.5, 0.6) is 0 Å². The van der Waals surface area contributed by atoms with Gasteiger partial charge in [0.05, 0.1) is 12.7 Å². The Morgan fingerprint density at radius 2 is 1.73 bits per heavy atom. The SMILES string of the molecule is CON(CCC1CCCCC1)C(=O)c1ccc(C(=O)O)cc1. The van der Waals surface area contributed by atoms with Gasteiger partial charge < -0.3 is 5.11 Å². The molecule has 0 unspecified atom stereocenters. The summed E-state index contributed by atoms with van der Waals surface area (Å²) >= 11 is 0. The van der Waals surface area contributed by atoms with E-state index < -0.39 is 5.97 Å². The third kappa shape index (κ3) is 4.31. The van der Waals surface area contributed by atoms with Gasteiger partial charge in [-0.1, -0.05) is 32.1 Å². The van der Waals surface area contributed by atoms with Crippen LogP contribution in [0.4, 0.5) is 0 Å². The number of amides is 1. The number of carboxylic acids is 1. The fourth-order valence-electron chi connectivity index (χ4n) is 2.95. The number of rotatable bonds is 6. The number of carbonyl (C=O) groups excluding carboxylic acids is 1. The van der Waals surface area contributed by atoms with Crippen LogP contribution >= 0.6 is 0 Å². The van der Waals surface area contributed by atoms with E-state index in [1.807, 2.05) is 0 Å². The second-order valence-corrected chi connectivity index (χ2v) is 5.77. The first-order valence-electron chi connectivity index (χ1n) is 7.81. The van der Waals surface area contributed by atoms with Gasteiger partial charge in [-0.2, -0.15) is 0 Å². The van der Waals surface area contributed by atoms with Crippen molar-refractivity contribution in [3.05, 3.63) is 35.4 Å². The van der Waals surface area contributed by atoms with Gasteiger partial charge >= 0.3 is 5.97 Å².